The van der Waals surface area contributed by atoms with E-state index in [0.717, 1.165) is 0 Å². The molecule has 0 spiro atoms. The number of carbonyl (C=O) groups is 1. The van der Waals surface area contributed by atoms with Crippen LogP contribution in [0.15, 0.2) is 12.4 Å². The summed E-state index contributed by atoms with van der Waals surface area (Å²) in [4.78, 5) is 10.7. The fourth-order valence-corrected chi connectivity index (χ4v) is 0.668. The number of carbonyl (C=O) groups excluding carboxylic acids is 1. The average Bonchev–Trinajstić information content (AvgIpc) is 2.15. The van der Waals surface area contributed by atoms with Gasteiger partial charge in [0.1, 0.15) is 12.4 Å². The summed E-state index contributed by atoms with van der Waals surface area (Å²) in [6.07, 6.45) is -0.411. The van der Waals surface area contributed by atoms with Crippen LogP contribution in [-0.2, 0) is 4.74 Å². The Labute approximate surface area is 58.4 Å². The average molecular weight is 143 g/mol. The molecule has 1 aliphatic rings. The predicted octanol–water partition coefficient (Wildman–Crippen LogP) is -0.627. The third kappa shape index (κ3) is 1.31. The first kappa shape index (κ1) is 6.73. The summed E-state index contributed by atoms with van der Waals surface area (Å²) < 4.78 is 4.59. The van der Waals surface area contributed by atoms with Crippen molar-refractivity contribution in [3.63, 3.8) is 0 Å². The van der Waals surface area contributed by atoms with Crippen LogP contribution in [0, 0.1) is 0 Å². The summed E-state index contributed by atoms with van der Waals surface area (Å²) in [5.41, 5.74) is 7.71. The summed E-state index contributed by atoms with van der Waals surface area (Å²) >= 11 is 0. The zero-order valence-corrected chi connectivity index (χ0v) is 5.46. The molecule has 3 N–H and O–H groups in total. The number of hydrogen-bond acceptors (Lipinski definition) is 4. The zero-order valence-electron chi connectivity index (χ0n) is 5.46. The fourth-order valence-electron chi connectivity index (χ4n) is 0.668. The first-order valence-electron chi connectivity index (χ1n) is 2.85. The summed E-state index contributed by atoms with van der Waals surface area (Å²) in [6.45, 7) is 4.28. The standard InChI is InChI=1S/C5H9N3O2/c1-4(6)7-8-2-3-10-5(8)9/h7H,1-3,6H2. The van der Waals surface area contributed by atoms with Crippen LogP contribution in [0.25, 0.3) is 0 Å². The molecular formula is C5H9N3O2. The maximum atomic E-state index is 10.7. The molecule has 0 aliphatic carbocycles. The lowest BCUT2D eigenvalue weighted by Crippen LogP contribution is -2.39. The van der Waals surface area contributed by atoms with Gasteiger partial charge in [0.2, 0.25) is 0 Å². The van der Waals surface area contributed by atoms with Crippen LogP contribution in [0.4, 0.5) is 4.79 Å². The highest BCUT2D eigenvalue weighted by Crippen LogP contribution is 1.98. The molecule has 1 rings (SSSR count). The van der Waals surface area contributed by atoms with Gasteiger partial charge in [-0.2, -0.15) is 0 Å². The van der Waals surface area contributed by atoms with Crippen LogP contribution >= 0.6 is 0 Å². The van der Waals surface area contributed by atoms with Gasteiger partial charge in [0, 0.05) is 0 Å². The molecule has 56 valence electrons. The van der Waals surface area contributed by atoms with E-state index in [2.05, 4.69) is 16.7 Å². The minimum Gasteiger partial charge on any atom is -0.446 e. The van der Waals surface area contributed by atoms with E-state index in [1.807, 2.05) is 0 Å². The van der Waals surface area contributed by atoms with Gasteiger partial charge in [0.25, 0.3) is 0 Å². The Morgan fingerprint density at radius 1 is 1.90 bits per heavy atom. The first-order chi connectivity index (χ1) is 4.70. The molecule has 0 unspecified atom stereocenters. The Morgan fingerprint density at radius 3 is 3.00 bits per heavy atom. The van der Waals surface area contributed by atoms with E-state index in [1.54, 1.807) is 0 Å². The third-order valence-electron chi connectivity index (χ3n) is 1.04. The summed E-state index contributed by atoms with van der Waals surface area (Å²) in [6, 6.07) is 0. The number of hydrogen-bond donors (Lipinski definition) is 2. The van der Waals surface area contributed by atoms with Crippen LogP contribution in [0.3, 0.4) is 0 Å². The van der Waals surface area contributed by atoms with Gasteiger partial charge in [0.05, 0.1) is 6.54 Å². The van der Waals surface area contributed by atoms with Crippen molar-refractivity contribution < 1.29 is 9.53 Å². The van der Waals surface area contributed by atoms with E-state index in [4.69, 9.17) is 5.73 Å². The summed E-state index contributed by atoms with van der Waals surface area (Å²) in [7, 11) is 0. The molecule has 1 saturated heterocycles. The van der Waals surface area contributed by atoms with Gasteiger partial charge < -0.3 is 10.5 Å². The molecule has 0 aromatic heterocycles. The maximum Gasteiger partial charge on any atom is 0.428 e. The molecule has 1 heterocycles. The number of hydrazine groups is 1. The SMILES string of the molecule is C=C(N)NN1CCOC1=O. The minimum absolute atomic E-state index is 0.235. The summed E-state index contributed by atoms with van der Waals surface area (Å²) in [5, 5.41) is 1.27. The Morgan fingerprint density at radius 2 is 2.60 bits per heavy atom. The molecule has 1 aliphatic heterocycles. The van der Waals surface area contributed by atoms with E-state index >= 15 is 0 Å². The Kier molecular flexibility index (Phi) is 1.66. The highest BCUT2D eigenvalue weighted by atomic mass is 16.6. The van der Waals surface area contributed by atoms with Gasteiger partial charge in [-0.05, 0) is 0 Å². The molecule has 5 heteroatoms. The smallest absolute Gasteiger partial charge is 0.428 e. The number of cyclic esters (lactones) is 1. The van der Waals surface area contributed by atoms with Gasteiger partial charge in [-0.15, -0.1) is 0 Å². The Bertz CT molecular complexity index is 168. The lowest BCUT2D eigenvalue weighted by molar-refractivity contribution is 0.149. The van der Waals surface area contributed by atoms with Crippen LogP contribution in [0.1, 0.15) is 0 Å². The highest BCUT2D eigenvalue weighted by molar-refractivity contribution is 5.68. The molecule has 0 aromatic carbocycles. The van der Waals surface area contributed by atoms with Gasteiger partial charge in [-0.1, -0.05) is 6.58 Å². The molecule has 0 saturated carbocycles. The lowest BCUT2D eigenvalue weighted by atomic mass is 10.7. The van der Waals surface area contributed by atoms with Crippen LogP contribution < -0.4 is 11.2 Å². The largest absolute Gasteiger partial charge is 0.446 e. The molecule has 0 radical (unpaired) electrons. The van der Waals surface area contributed by atoms with E-state index in [0.29, 0.717) is 13.2 Å². The van der Waals surface area contributed by atoms with Crippen LogP contribution in [0.2, 0.25) is 0 Å². The van der Waals surface area contributed by atoms with E-state index in [1.165, 1.54) is 5.01 Å². The second-order valence-corrected chi connectivity index (χ2v) is 1.90. The number of rotatable bonds is 2. The number of nitrogens with one attached hydrogen (secondary N) is 1. The van der Waals surface area contributed by atoms with Gasteiger partial charge in [-0.3, -0.25) is 5.43 Å². The molecular weight excluding hydrogens is 134 g/mol. The van der Waals surface area contributed by atoms with Crippen molar-refractivity contribution in [2.24, 2.45) is 5.73 Å². The Hall–Kier alpha value is -1.39. The topological polar surface area (TPSA) is 67.6 Å². The number of ether oxygens (including phenoxy) is 1. The minimum atomic E-state index is -0.411. The summed E-state index contributed by atoms with van der Waals surface area (Å²) in [5.74, 6) is 0.235. The number of nitrogens with two attached hydrogens (primary N) is 1. The fraction of sp³-hybridized carbons (Fsp3) is 0.400. The first-order valence-corrected chi connectivity index (χ1v) is 2.85. The number of amides is 1. The van der Waals surface area contributed by atoms with E-state index < -0.39 is 6.09 Å². The van der Waals surface area contributed by atoms with Crippen molar-refractivity contribution >= 4 is 6.09 Å². The Balaban J connectivity index is 2.40. The van der Waals surface area contributed by atoms with Crippen LogP contribution in [-0.4, -0.2) is 24.3 Å². The van der Waals surface area contributed by atoms with Crippen molar-refractivity contribution in [3.05, 3.63) is 12.4 Å². The lowest BCUT2D eigenvalue weighted by Gasteiger charge is -2.13. The normalized spacial score (nSPS) is 16.8. The predicted molar refractivity (Wildman–Crippen MR) is 34.5 cm³/mol. The molecule has 0 atom stereocenters. The molecule has 0 aromatic rings. The molecule has 1 fully saturated rings. The van der Waals surface area contributed by atoms with Crippen molar-refractivity contribution in [2.45, 2.75) is 0 Å². The molecule has 5 nitrogen and oxygen atoms in total. The van der Waals surface area contributed by atoms with Crippen molar-refractivity contribution in [2.75, 3.05) is 13.2 Å². The molecule has 0 bridgehead atoms. The van der Waals surface area contributed by atoms with Crippen LogP contribution in [0.5, 0.6) is 0 Å². The quantitative estimate of drug-likeness (QED) is 0.540. The molecule has 10 heavy (non-hydrogen) atoms. The van der Waals surface area contributed by atoms with Crippen molar-refractivity contribution in [3.8, 4) is 0 Å². The molecule has 1 amide bonds. The van der Waals surface area contributed by atoms with Crippen molar-refractivity contribution in [1.29, 1.82) is 0 Å². The van der Waals surface area contributed by atoms with E-state index in [-0.39, 0.29) is 5.82 Å². The van der Waals surface area contributed by atoms with E-state index in [9.17, 15) is 4.79 Å². The van der Waals surface area contributed by atoms with Crippen molar-refractivity contribution in [1.82, 2.24) is 10.4 Å². The van der Waals surface area contributed by atoms with Gasteiger partial charge >= 0.3 is 6.09 Å². The monoisotopic (exact) mass is 143 g/mol. The second kappa shape index (κ2) is 2.47. The highest BCUT2D eigenvalue weighted by Gasteiger charge is 2.21. The van der Waals surface area contributed by atoms with Gasteiger partial charge in [0.15, 0.2) is 0 Å². The van der Waals surface area contributed by atoms with Gasteiger partial charge in [-0.25, -0.2) is 9.80 Å². The number of nitrogens with zero attached hydrogens (tertiary/aromatic N) is 1. The third-order valence-corrected chi connectivity index (χ3v) is 1.04. The second-order valence-electron chi connectivity index (χ2n) is 1.90. The zero-order chi connectivity index (χ0) is 7.56. The maximum absolute atomic E-state index is 10.7.